The molecule has 12 aromatic rings. The highest BCUT2D eigenvalue weighted by Gasteiger charge is 2.32. The summed E-state index contributed by atoms with van der Waals surface area (Å²) in [7, 11) is 2.17. The zero-order valence-corrected chi connectivity index (χ0v) is 43.6. The second-order valence-electron chi connectivity index (χ2n) is 20.0. The Balaban J connectivity index is 0.839. The van der Waals surface area contributed by atoms with Gasteiger partial charge in [0.2, 0.25) is 0 Å². The molecular weight excluding hydrogens is 961 g/mol. The fourth-order valence-corrected chi connectivity index (χ4v) is 10.7. The Labute approximate surface area is 461 Å². The number of nitrogens with zero attached hydrogens (tertiary/aromatic N) is 5. The summed E-state index contributed by atoms with van der Waals surface area (Å²) in [5.74, 6) is 2.68. The molecule has 2 heterocycles. The molecule has 13 rings (SSSR count). The first-order valence-corrected chi connectivity index (χ1v) is 26.8. The monoisotopic (exact) mass is 1010 g/mol. The Morgan fingerprint density at radius 2 is 0.557 bits per heavy atom. The second kappa shape index (κ2) is 21.8. The van der Waals surface area contributed by atoms with E-state index >= 15 is 0 Å². The van der Waals surface area contributed by atoms with E-state index in [0.29, 0.717) is 17.5 Å². The van der Waals surface area contributed by atoms with Gasteiger partial charge in [-0.25, -0.2) is 19.9 Å². The van der Waals surface area contributed by atoms with Crippen LogP contribution in [-0.2, 0) is 0 Å². The van der Waals surface area contributed by atoms with Gasteiger partial charge in [-0.1, -0.05) is 255 Å². The zero-order chi connectivity index (χ0) is 52.9. The molecule has 1 aliphatic rings. The van der Waals surface area contributed by atoms with Crippen molar-refractivity contribution in [3.8, 4) is 101 Å². The maximum absolute atomic E-state index is 5.49. The van der Waals surface area contributed by atoms with Gasteiger partial charge in [0, 0.05) is 22.3 Å². The molecule has 0 amide bonds. The van der Waals surface area contributed by atoms with E-state index in [1.165, 1.54) is 11.1 Å². The van der Waals surface area contributed by atoms with Gasteiger partial charge in [0.05, 0.1) is 0 Å². The molecule has 1 aromatic heterocycles. The summed E-state index contributed by atoms with van der Waals surface area (Å²) < 4.78 is 0. The molecule has 6 nitrogen and oxygen atoms in total. The van der Waals surface area contributed by atoms with Crippen LogP contribution in [0.2, 0.25) is 0 Å². The van der Waals surface area contributed by atoms with Gasteiger partial charge in [-0.2, -0.15) is 0 Å². The van der Waals surface area contributed by atoms with E-state index in [0.717, 1.165) is 94.9 Å². The Hall–Kier alpha value is -10.1. The number of aromatic nitrogens is 3. The summed E-state index contributed by atoms with van der Waals surface area (Å²) in [6.45, 7) is 0. The Kier molecular flexibility index (Phi) is 13.4. The molecule has 0 saturated heterocycles. The van der Waals surface area contributed by atoms with Crippen LogP contribution in [0.1, 0.15) is 29.0 Å². The molecule has 376 valence electrons. The Bertz CT molecular complexity index is 4120. The molecule has 6 heteroatoms. The van der Waals surface area contributed by atoms with Gasteiger partial charge in [0.25, 0.3) is 0 Å². The third-order valence-corrected chi connectivity index (χ3v) is 14.8. The fraction of sp³-hybridized carbons (Fsp3) is 0.0411. The lowest BCUT2D eigenvalue weighted by atomic mass is 9.95. The standard InChI is InChI=1S/C73H54N6/c1-79-72(66-38-18-30-58(48-66)53-26-12-5-13-27-53)77-71(65-37-16-29-57(46-65)52-24-10-4-11-25-52)78-73(79)67-39-19-34-62(49-67)60-32-14-31-59(44-60)61-33-17-36-64(47-61)70-75-68(55-42-40-54(41-43-55)50-20-6-2-7-21-50)74-69(76-70)63-35-15-28-56(45-63)51-22-8-3-9-23-51/h2-49,72-73H,1H3,(H,77,78). The highest BCUT2D eigenvalue weighted by molar-refractivity contribution is 6.00. The lowest BCUT2D eigenvalue weighted by molar-refractivity contribution is 0.152. The lowest BCUT2D eigenvalue weighted by Crippen LogP contribution is -2.46. The molecule has 0 spiro atoms. The molecule has 2 unspecified atom stereocenters. The minimum atomic E-state index is -0.263. The third kappa shape index (κ3) is 10.4. The number of aliphatic imine (C=N–C) groups is 1. The van der Waals surface area contributed by atoms with Gasteiger partial charge in [-0.15, -0.1) is 0 Å². The van der Waals surface area contributed by atoms with Crippen molar-refractivity contribution in [2.45, 2.75) is 12.3 Å². The molecule has 0 fully saturated rings. The minimum absolute atomic E-state index is 0.198. The van der Waals surface area contributed by atoms with Gasteiger partial charge >= 0.3 is 0 Å². The number of nitrogens with one attached hydrogen (secondary N) is 1. The van der Waals surface area contributed by atoms with Crippen molar-refractivity contribution in [3.63, 3.8) is 0 Å². The fourth-order valence-electron chi connectivity index (χ4n) is 10.7. The van der Waals surface area contributed by atoms with Crippen molar-refractivity contribution in [1.29, 1.82) is 0 Å². The van der Waals surface area contributed by atoms with Crippen LogP contribution in [0.3, 0.4) is 0 Å². The minimum Gasteiger partial charge on any atom is -0.350 e. The molecule has 79 heavy (non-hydrogen) atoms. The van der Waals surface area contributed by atoms with Crippen LogP contribution in [0.5, 0.6) is 0 Å². The smallest absolute Gasteiger partial charge is 0.164 e. The molecule has 1 aliphatic heterocycles. The Morgan fingerprint density at radius 3 is 1.04 bits per heavy atom. The van der Waals surface area contributed by atoms with Crippen LogP contribution in [-0.4, -0.2) is 32.7 Å². The SMILES string of the molecule is CN1C(c2cccc(-c3ccccc3)c2)N=C(c2cccc(-c3ccccc3)c2)NC1c1cccc(-c2cccc(-c3cccc(-c4nc(-c5ccc(-c6ccccc6)cc5)nc(-c5cccc(-c6ccccc6)c5)n4)c3)c2)c1. The van der Waals surface area contributed by atoms with Gasteiger partial charge in [-0.3, -0.25) is 4.90 Å². The summed E-state index contributed by atoms with van der Waals surface area (Å²) in [5, 5.41) is 3.91. The van der Waals surface area contributed by atoms with E-state index in [-0.39, 0.29) is 12.3 Å². The predicted molar refractivity (Wildman–Crippen MR) is 325 cm³/mol. The average Bonchev–Trinajstić information content (AvgIpc) is 3.64. The third-order valence-electron chi connectivity index (χ3n) is 14.8. The lowest BCUT2D eigenvalue weighted by Gasteiger charge is -2.39. The summed E-state index contributed by atoms with van der Waals surface area (Å²) >= 11 is 0. The van der Waals surface area contributed by atoms with E-state index in [2.05, 4.69) is 296 Å². The molecule has 2 atom stereocenters. The van der Waals surface area contributed by atoms with Gasteiger partial charge < -0.3 is 5.32 Å². The van der Waals surface area contributed by atoms with E-state index in [1.54, 1.807) is 0 Å². The predicted octanol–water partition coefficient (Wildman–Crippen LogP) is 17.6. The molecule has 0 bridgehead atoms. The molecule has 11 aromatic carbocycles. The van der Waals surface area contributed by atoms with Crippen molar-refractivity contribution in [1.82, 2.24) is 25.2 Å². The van der Waals surface area contributed by atoms with Gasteiger partial charge in [0.1, 0.15) is 18.2 Å². The summed E-state index contributed by atoms with van der Waals surface area (Å²) in [6, 6.07) is 103. The van der Waals surface area contributed by atoms with Crippen molar-refractivity contribution >= 4 is 5.84 Å². The van der Waals surface area contributed by atoms with Gasteiger partial charge in [0.15, 0.2) is 17.5 Å². The maximum Gasteiger partial charge on any atom is 0.164 e. The number of hydrogen-bond acceptors (Lipinski definition) is 6. The molecule has 1 N–H and O–H groups in total. The van der Waals surface area contributed by atoms with Crippen molar-refractivity contribution in [2.24, 2.45) is 4.99 Å². The van der Waals surface area contributed by atoms with Crippen LogP contribution in [0.25, 0.3) is 101 Å². The van der Waals surface area contributed by atoms with E-state index < -0.39 is 0 Å². The van der Waals surface area contributed by atoms with Crippen LogP contribution < -0.4 is 5.32 Å². The van der Waals surface area contributed by atoms with Crippen LogP contribution in [0, 0.1) is 0 Å². The first-order valence-electron chi connectivity index (χ1n) is 26.8. The van der Waals surface area contributed by atoms with Crippen molar-refractivity contribution in [2.75, 3.05) is 7.05 Å². The Morgan fingerprint density at radius 1 is 0.266 bits per heavy atom. The molecule has 0 aliphatic carbocycles. The largest absolute Gasteiger partial charge is 0.350 e. The average molecular weight is 1020 g/mol. The van der Waals surface area contributed by atoms with Crippen LogP contribution in [0.15, 0.2) is 296 Å². The van der Waals surface area contributed by atoms with E-state index in [9.17, 15) is 0 Å². The highest BCUT2D eigenvalue weighted by Crippen LogP contribution is 2.38. The summed E-state index contributed by atoms with van der Waals surface area (Å²) in [5.41, 5.74) is 19.6. The first-order chi connectivity index (χ1) is 39.0. The molecule has 0 saturated carbocycles. The molecule has 0 radical (unpaired) electrons. The normalized spacial score (nSPS) is 14.3. The van der Waals surface area contributed by atoms with Crippen molar-refractivity contribution in [3.05, 3.63) is 308 Å². The van der Waals surface area contributed by atoms with Crippen molar-refractivity contribution < 1.29 is 0 Å². The molecular formula is C73H54N6. The highest BCUT2D eigenvalue weighted by atomic mass is 15.4. The first kappa shape index (κ1) is 48.5. The van der Waals surface area contributed by atoms with E-state index in [4.69, 9.17) is 19.9 Å². The van der Waals surface area contributed by atoms with Crippen LogP contribution >= 0.6 is 0 Å². The topological polar surface area (TPSA) is 66.3 Å². The van der Waals surface area contributed by atoms with E-state index in [1.807, 2.05) is 12.1 Å². The number of hydrogen-bond donors (Lipinski definition) is 1. The number of amidine groups is 1. The zero-order valence-electron chi connectivity index (χ0n) is 43.6. The van der Waals surface area contributed by atoms with Gasteiger partial charge in [-0.05, 0) is 121 Å². The quantitative estimate of drug-likeness (QED) is 0.132. The number of benzene rings is 11. The van der Waals surface area contributed by atoms with Crippen LogP contribution in [0.4, 0.5) is 0 Å². The number of rotatable bonds is 12. The summed E-state index contributed by atoms with van der Waals surface area (Å²) in [6.07, 6.45) is -0.462. The second-order valence-corrected chi connectivity index (χ2v) is 20.0. The summed E-state index contributed by atoms with van der Waals surface area (Å²) in [4.78, 5) is 23.4. The maximum atomic E-state index is 5.49.